The highest BCUT2D eigenvalue weighted by molar-refractivity contribution is 7.46. The molecule has 0 aliphatic carbocycles. The minimum atomic E-state index is -4.77. The average Bonchev–Trinajstić information content (AvgIpc) is 3.82. The molecule has 1 aliphatic rings. The molecule has 10 heteroatoms. The lowest BCUT2D eigenvalue weighted by Gasteiger charge is -2.18. The van der Waals surface area contributed by atoms with Crippen LogP contribution in [0.5, 0.6) is 0 Å². The van der Waals surface area contributed by atoms with Gasteiger partial charge >= 0.3 is 19.8 Å². The van der Waals surface area contributed by atoms with Crippen LogP contribution in [0.4, 0.5) is 0 Å². The first-order valence-electron chi connectivity index (χ1n) is 19.4. The first kappa shape index (κ1) is 45.3. The predicted octanol–water partition coefficient (Wildman–Crippen LogP) is 10.4. The highest BCUT2D eigenvalue weighted by Gasteiger charge is 2.36. The zero-order valence-electron chi connectivity index (χ0n) is 30.8. The normalized spacial score (nSPS) is 17.0. The Morgan fingerprint density at radius 2 is 1.12 bits per heavy atom. The predicted molar refractivity (Wildman–Crippen MR) is 197 cm³/mol. The number of carbonyl (C=O) groups is 2. The van der Waals surface area contributed by atoms with E-state index >= 15 is 0 Å². The van der Waals surface area contributed by atoms with Crippen molar-refractivity contribution in [1.82, 2.24) is 0 Å². The Morgan fingerprint density at radius 1 is 0.633 bits per heavy atom. The smallest absolute Gasteiger partial charge is 0.462 e. The molecular weight excluding hydrogens is 643 g/mol. The quantitative estimate of drug-likeness (QED) is 0.0220. The van der Waals surface area contributed by atoms with Gasteiger partial charge in [0.25, 0.3) is 0 Å². The van der Waals surface area contributed by atoms with Crippen molar-refractivity contribution in [2.75, 3.05) is 13.2 Å². The molecule has 0 aromatic rings. The van der Waals surface area contributed by atoms with Crippen molar-refractivity contribution in [3.05, 3.63) is 36.5 Å². The van der Waals surface area contributed by atoms with Crippen molar-refractivity contribution < 1.29 is 42.7 Å². The standard InChI is InChI=1S/C39H69O9P/c1-3-5-7-9-11-13-14-15-16-18-20-22-28-32-39(41)47-35(34-46-49(42,43)44)33-45-38(40)31-27-24-23-26-30-37-36(48-37)29-25-21-19-17-12-10-8-6-4-2/h12,17,21,23,25-26,35-37H,3-11,13-16,18-20,22,24,27-34H2,1-2H3,(H2,42,43,44)/b17-12-,25-21-,26-23-/t35-,36?,37?/m1/s1. The summed E-state index contributed by atoms with van der Waals surface area (Å²) in [4.78, 5) is 42.8. The first-order chi connectivity index (χ1) is 23.7. The van der Waals surface area contributed by atoms with Gasteiger partial charge in [0.2, 0.25) is 0 Å². The number of rotatable bonds is 34. The molecule has 1 heterocycles. The fraction of sp³-hybridized carbons (Fsp3) is 0.795. The van der Waals surface area contributed by atoms with Gasteiger partial charge in [0, 0.05) is 12.8 Å². The zero-order chi connectivity index (χ0) is 35.8. The van der Waals surface area contributed by atoms with E-state index in [-0.39, 0.29) is 31.7 Å². The van der Waals surface area contributed by atoms with Gasteiger partial charge in [-0.05, 0) is 51.4 Å². The van der Waals surface area contributed by atoms with Crippen LogP contribution in [-0.2, 0) is 32.9 Å². The van der Waals surface area contributed by atoms with Crippen LogP contribution in [0.15, 0.2) is 36.5 Å². The molecule has 0 amide bonds. The maximum atomic E-state index is 12.4. The Balaban J connectivity index is 2.14. The third kappa shape index (κ3) is 30.8. The molecule has 1 rings (SSSR count). The van der Waals surface area contributed by atoms with Gasteiger partial charge in [-0.3, -0.25) is 14.1 Å². The molecule has 3 atom stereocenters. The summed E-state index contributed by atoms with van der Waals surface area (Å²) in [6, 6.07) is 0. The van der Waals surface area contributed by atoms with Gasteiger partial charge in [-0.25, -0.2) is 4.57 Å². The van der Waals surface area contributed by atoms with Gasteiger partial charge in [-0.15, -0.1) is 0 Å². The van der Waals surface area contributed by atoms with Gasteiger partial charge in [0.05, 0.1) is 18.8 Å². The molecule has 0 bridgehead atoms. The van der Waals surface area contributed by atoms with Crippen LogP contribution in [0.1, 0.15) is 168 Å². The van der Waals surface area contributed by atoms with Crippen LogP contribution in [0.3, 0.4) is 0 Å². The van der Waals surface area contributed by atoms with Gasteiger partial charge < -0.3 is 24.0 Å². The number of allylic oxidation sites excluding steroid dienone is 4. The summed E-state index contributed by atoms with van der Waals surface area (Å²) in [6.45, 7) is 3.59. The number of epoxide rings is 1. The van der Waals surface area contributed by atoms with Gasteiger partial charge in [-0.2, -0.15) is 0 Å². The SMILES string of the molecule is CCCCC/C=C\C/C=C\CC1OC1C/C=C\CCCC(=O)OC[C@H](COP(=O)(O)O)OC(=O)CCCCCCCCCCCCCCC. The van der Waals surface area contributed by atoms with Crippen LogP contribution >= 0.6 is 7.82 Å². The number of carbonyl (C=O) groups excluding carboxylic acids is 2. The lowest BCUT2D eigenvalue weighted by Crippen LogP contribution is -2.29. The molecule has 1 aliphatic heterocycles. The Kier molecular flexibility index (Phi) is 28.6. The van der Waals surface area contributed by atoms with Crippen LogP contribution < -0.4 is 0 Å². The molecule has 9 nitrogen and oxygen atoms in total. The van der Waals surface area contributed by atoms with E-state index in [2.05, 4.69) is 48.8 Å². The van der Waals surface area contributed by atoms with E-state index in [1.54, 1.807) is 0 Å². The number of phosphoric ester groups is 1. The molecule has 2 N–H and O–H groups in total. The third-order valence-corrected chi connectivity index (χ3v) is 9.05. The van der Waals surface area contributed by atoms with E-state index in [1.165, 1.54) is 77.0 Å². The number of phosphoric acid groups is 1. The van der Waals surface area contributed by atoms with Crippen LogP contribution in [-0.4, -0.2) is 53.3 Å². The van der Waals surface area contributed by atoms with Crippen molar-refractivity contribution in [2.45, 2.75) is 186 Å². The Labute approximate surface area is 297 Å². The largest absolute Gasteiger partial charge is 0.469 e. The van der Waals surface area contributed by atoms with Crippen molar-refractivity contribution in [1.29, 1.82) is 0 Å². The highest BCUT2D eigenvalue weighted by Crippen LogP contribution is 2.36. The van der Waals surface area contributed by atoms with E-state index in [1.807, 2.05) is 6.08 Å². The number of hydrogen-bond acceptors (Lipinski definition) is 7. The lowest BCUT2D eigenvalue weighted by molar-refractivity contribution is -0.161. The molecule has 2 unspecified atom stereocenters. The Bertz CT molecular complexity index is 958. The molecule has 1 saturated heterocycles. The van der Waals surface area contributed by atoms with Crippen LogP contribution in [0.2, 0.25) is 0 Å². The van der Waals surface area contributed by atoms with Crippen LogP contribution in [0.25, 0.3) is 0 Å². The number of esters is 2. The number of ether oxygens (including phenoxy) is 3. The van der Waals surface area contributed by atoms with E-state index in [4.69, 9.17) is 24.0 Å². The van der Waals surface area contributed by atoms with E-state index in [9.17, 15) is 14.2 Å². The maximum Gasteiger partial charge on any atom is 0.469 e. The summed E-state index contributed by atoms with van der Waals surface area (Å²) in [7, 11) is -4.77. The Hall–Kier alpha value is -1.77. The fourth-order valence-corrected chi connectivity index (χ4v) is 5.88. The van der Waals surface area contributed by atoms with Gasteiger partial charge in [0.15, 0.2) is 6.10 Å². The van der Waals surface area contributed by atoms with E-state index in [0.29, 0.717) is 12.8 Å². The van der Waals surface area contributed by atoms with E-state index < -0.39 is 32.5 Å². The van der Waals surface area contributed by atoms with Crippen molar-refractivity contribution in [3.63, 3.8) is 0 Å². The molecule has 0 aromatic heterocycles. The molecule has 0 saturated carbocycles. The number of hydrogen-bond donors (Lipinski definition) is 2. The van der Waals surface area contributed by atoms with Crippen LogP contribution in [0, 0.1) is 0 Å². The number of unbranched alkanes of at least 4 members (excludes halogenated alkanes) is 16. The third-order valence-electron chi connectivity index (χ3n) is 8.56. The van der Waals surface area contributed by atoms with Crippen molar-refractivity contribution in [2.24, 2.45) is 0 Å². The summed E-state index contributed by atoms with van der Waals surface area (Å²) < 4.78 is 32.0. The molecule has 49 heavy (non-hydrogen) atoms. The molecule has 0 spiro atoms. The monoisotopic (exact) mass is 712 g/mol. The van der Waals surface area contributed by atoms with Gasteiger partial charge in [-0.1, -0.05) is 140 Å². The lowest BCUT2D eigenvalue weighted by atomic mass is 10.0. The second-order valence-electron chi connectivity index (χ2n) is 13.3. The summed E-state index contributed by atoms with van der Waals surface area (Å²) in [5.74, 6) is -0.956. The summed E-state index contributed by atoms with van der Waals surface area (Å²) in [5.41, 5.74) is 0. The minimum Gasteiger partial charge on any atom is -0.462 e. The van der Waals surface area contributed by atoms with E-state index in [0.717, 1.165) is 51.4 Å². The topological polar surface area (TPSA) is 132 Å². The highest BCUT2D eigenvalue weighted by atomic mass is 31.2. The second-order valence-corrected chi connectivity index (χ2v) is 14.5. The molecule has 284 valence electrons. The minimum absolute atomic E-state index is 0.184. The molecule has 0 aromatic carbocycles. The molecular formula is C39H69O9P. The molecule has 1 fully saturated rings. The Morgan fingerprint density at radius 3 is 1.73 bits per heavy atom. The summed E-state index contributed by atoms with van der Waals surface area (Å²) in [6.07, 6.45) is 37.5. The fourth-order valence-electron chi connectivity index (χ4n) is 5.52. The first-order valence-corrected chi connectivity index (χ1v) is 20.9. The van der Waals surface area contributed by atoms with Crippen molar-refractivity contribution in [3.8, 4) is 0 Å². The molecule has 0 radical (unpaired) electrons. The summed E-state index contributed by atoms with van der Waals surface area (Å²) in [5, 5.41) is 0. The van der Waals surface area contributed by atoms with Crippen molar-refractivity contribution >= 4 is 19.8 Å². The maximum absolute atomic E-state index is 12.4. The average molecular weight is 713 g/mol. The second kappa shape index (κ2) is 31.0. The van der Waals surface area contributed by atoms with Gasteiger partial charge in [0.1, 0.15) is 6.61 Å². The zero-order valence-corrected chi connectivity index (χ0v) is 31.7. The summed E-state index contributed by atoms with van der Waals surface area (Å²) >= 11 is 0.